The first kappa shape index (κ1) is 34.8. The zero-order valence-electron chi connectivity index (χ0n) is 30.6. The summed E-state index contributed by atoms with van der Waals surface area (Å²) in [5.74, 6) is 3.36. The molecule has 1 atom stereocenters. The molecule has 6 rings (SSSR count). The van der Waals surface area contributed by atoms with E-state index in [4.69, 9.17) is 13.9 Å². The summed E-state index contributed by atoms with van der Waals surface area (Å²) in [4.78, 5) is 1.05. The maximum Gasteiger partial charge on any atom is 0.258 e. The fourth-order valence-corrected chi connectivity index (χ4v) is 15.2. The number of hydrogen-bond donors (Lipinski definition) is 2. The molecule has 2 N–H and O–H groups in total. The van der Waals surface area contributed by atoms with E-state index in [9.17, 15) is 5.11 Å². The lowest BCUT2D eigenvalue weighted by Crippen LogP contribution is -2.50. The van der Waals surface area contributed by atoms with Crippen molar-refractivity contribution in [2.75, 3.05) is 12.4 Å². The van der Waals surface area contributed by atoms with Gasteiger partial charge in [-0.25, -0.2) is 0 Å². The Balaban J connectivity index is 1.54. The summed E-state index contributed by atoms with van der Waals surface area (Å²) in [6, 6.07) is 10.6. The first-order valence-electron chi connectivity index (χ1n) is 18.0. The molecule has 0 bridgehead atoms. The lowest BCUT2D eigenvalue weighted by Gasteiger charge is -2.42. The minimum atomic E-state index is -2.27. The molecule has 7 heteroatoms. The zero-order chi connectivity index (χ0) is 34.5. The third kappa shape index (κ3) is 6.05. The lowest BCUT2D eigenvalue weighted by atomic mass is 9.82. The number of methoxy groups -OCH3 is 1. The largest absolute Gasteiger partial charge is 0.540 e. The van der Waals surface area contributed by atoms with Crippen molar-refractivity contribution in [2.45, 2.75) is 123 Å². The number of anilines is 1. The zero-order valence-corrected chi connectivity index (χ0v) is 32.4. The third-order valence-electron chi connectivity index (χ3n) is 11.1. The van der Waals surface area contributed by atoms with Crippen LogP contribution in [-0.2, 0) is 0 Å². The van der Waals surface area contributed by atoms with Crippen molar-refractivity contribution < 1.29 is 19.0 Å². The highest BCUT2D eigenvalue weighted by Crippen LogP contribution is 2.56. The van der Waals surface area contributed by atoms with Gasteiger partial charge in [-0.1, -0.05) is 72.9 Å². The molecule has 48 heavy (non-hydrogen) atoms. The van der Waals surface area contributed by atoms with Gasteiger partial charge in [-0.2, -0.15) is 0 Å². The maximum absolute atomic E-state index is 11.6. The van der Waals surface area contributed by atoms with Crippen LogP contribution in [0, 0.1) is 5.92 Å². The molecule has 1 aromatic heterocycles. The van der Waals surface area contributed by atoms with Crippen molar-refractivity contribution in [2.24, 2.45) is 5.92 Å². The highest BCUT2D eigenvalue weighted by atomic mass is 32.1. The molecular weight excluding hydrogens is 631 g/mol. The summed E-state index contributed by atoms with van der Waals surface area (Å²) in [5.41, 5.74) is 8.56. The van der Waals surface area contributed by atoms with Crippen LogP contribution in [0.25, 0.3) is 28.5 Å². The van der Waals surface area contributed by atoms with Crippen LogP contribution >= 0.6 is 11.3 Å². The molecule has 2 aromatic carbocycles. The van der Waals surface area contributed by atoms with Crippen LogP contribution in [-0.4, -0.2) is 26.1 Å². The average Bonchev–Trinajstić information content (AvgIpc) is 3.50. The van der Waals surface area contributed by atoms with E-state index >= 15 is 0 Å². The van der Waals surface area contributed by atoms with Gasteiger partial charge in [-0.15, -0.1) is 11.3 Å². The molecule has 0 amide bonds. The van der Waals surface area contributed by atoms with Gasteiger partial charge in [0, 0.05) is 27.3 Å². The van der Waals surface area contributed by atoms with Crippen LogP contribution in [0.2, 0.25) is 16.6 Å². The first-order chi connectivity index (χ1) is 22.8. The SMILES string of the molecule is COc1c(O[Si](C(C)C)(C(C)C)C(C)C)ccc2c1-c1ccc3c(c1/C(=C/c1sccc1C(O)C1CCCCC1)O2)C(C)=CC(C)(C)N3. The van der Waals surface area contributed by atoms with Gasteiger partial charge in [-0.05, 0) is 103 Å². The molecule has 0 spiro atoms. The van der Waals surface area contributed by atoms with Crippen LogP contribution < -0.4 is 19.2 Å². The summed E-state index contributed by atoms with van der Waals surface area (Å²) in [6.07, 6.45) is 9.80. The van der Waals surface area contributed by atoms with E-state index in [-0.39, 0.29) is 5.54 Å². The number of aliphatic hydroxyl groups is 1. The number of ether oxygens (including phenoxy) is 2. The molecule has 3 heterocycles. The van der Waals surface area contributed by atoms with Crippen molar-refractivity contribution in [1.82, 2.24) is 0 Å². The number of fused-ring (bicyclic) bond motifs is 5. The molecular formula is C41H55NO4SSi. The number of thiophene rings is 1. The van der Waals surface area contributed by atoms with E-state index in [1.54, 1.807) is 18.4 Å². The van der Waals surface area contributed by atoms with Gasteiger partial charge in [0.25, 0.3) is 8.32 Å². The molecule has 1 saturated carbocycles. The molecule has 1 unspecified atom stereocenters. The summed E-state index contributed by atoms with van der Waals surface area (Å²) >= 11 is 1.67. The molecule has 1 aliphatic carbocycles. The Labute approximate surface area is 293 Å². The predicted molar refractivity (Wildman–Crippen MR) is 206 cm³/mol. The molecule has 3 aliphatic rings. The highest BCUT2D eigenvalue weighted by Gasteiger charge is 2.48. The molecule has 0 saturated heterocycles. The van der Waals surface area contributed by atoms with E-state index in [1.807, 2.05) is 6.07 Å². The van der Waals surface area contributed by atoms with Crippen LogP contribution in [0.4, 0.5) is 5.69 Å². The predicted octanol–water partition coefficient (Wildman–Crippen LogP) is 12.1. The van der Waals surface area contributed by atoms with E-state index < -0.39 is 14.4 Å². The Morgan fingerprint density at radius 1 is 0.938 bits per heavy atom. The van der Waals surface area contributed by atoms with Crippen molar-refractivity contribution in [1.29, 1.82) is 0 Å². The Hall–Kier alpha value is -3.00. The molecule has 5 nitrogen and oxygen atoms in total. The first-order valence-corrected chi connectivity index (χ1v) is 21.0. The Bertz CT molecular complexity index is 1700. The second-order valence-corrected chi connectivity index (χ2v) is 22.0. The van der Waals surface area contributed by atoms with Gasteiger partial charge in [0.15, 0.2) is 5.75 Å². The minimum absolute atomic E-state index is 0.176. The summed E-state index contributed by atoms with van der Waals surface area (Å²) in [7, 11) is -0.520. The standard InChI is InChI=1S/C41H55NO4SSi/c1-24(2)48(25(3)4,26(5)6)46-33-19-18-32-38(40(33)44-10)30-16-17-31-36(27(7)23-41(8,9)42-31)37(30)34(45-32)22-35-29(20-21-47-35)39(43)28-14-12-11-13-15-28/h16-26,28,39,42-43H,11-15H2,1-10H3/b34-22-. The number of nitrogens with one attached hydrogen (secondary N) is 1. The smallest absolute Gasteiger partial charge is 0.258 e. The van der Waals surface area contributed by atoms with Crippen molar-refractivity contribution in [3.05, 3.63) is 63.4 Å². The second-order valence-electron chi connectivity index (χ2n) is 15.7. The fourth-order valence-electron chi connectivity index (χ4n) is 9.08. The van der Waals surface area contributed by atoms with Crippen molar-refractivity contribution in [3.8, 4) is 28.4 Å². The Kier molecular flexibility index (Phi) is 9.71. The minimum Gasteiger partial charge on any atom is -0.540 e. The number of benzene rings is 2. The quantitative estimate of drug-likeness (QED) is 0.220. The monoisotopic (exact) mass is 685 g/mol. The van der Waals surface area contributed by atoms with Crippen molar-refractivity contribution >= 4 is 42.7 Å². The summed E-state index contributed by atoms with van der Waals surface area (Å²) in [5, 5.41) is 17.4. The van der Waals surface area contributed by atoms with Crippen LogP contribution in [0.5, 0.6) is 17.2 Å². The molecule has 1 fully saturated rings. The molecule has 3 aromatic rings. The van der Waals surface area contributed by atoms with E-state index in [0.717, 1.165) is 74.2 Å². The van der Waals surface area contributed by atoms with E-state index in [0.29, 0.717) is 22.5 Å². The van der Waals surface area contributed by atoms with Gasteiger partial charge in [0.2, 0.25) is 0 Å². The van der Waals surface area contributed by atoms with E-state index in [1.165, 1.54) is 24.8 Å². The van der Waals surface area contributed by atoms with Gasteiger partial charge < -0.3 is 24.3 Å². The molecule has 0 radical (unpaired) electrons. The van der Waals surface area contributed by atoms with Gasteiger partial charge in [0.1, 0.15) is 17.3 Å². The third-order valence-corrected chi connectivity index (χ3v) is 17.9. The van der Waals surface area contributed by atoms with E-state index in [2.05, 4.69) is 109 Å². The number of aliphatic hydroxyl groups excluding tert-OH is 1. The Morgan fingerprint density at radius 3 is 2.27 bits per heavy atom. The summed E-state index contributed by atoms with van der Waals surface area (Å²) < 4.78 is 20.5. The number of hydrogen-bond acceptors (Lipinski definition) is 6. The average molecular weight is 686 g/mol. The van der Waals surface area contributed by atoms with Crippen LogP contribution in [0.3, 0.4) is 0 Å². The van der Waals surface area contributed by atoms with Crippen molar-refractivity contribution in [3.63, 3.8) is 0 Å². The number of rotatable bonds is 9. The van der Waals surface area contributed by atoms with Crippen LogP contribution in [0.1, 0.15) is 122 Å². The number of allylic oxidation sites excluding steroid dienone is 1. The highest BCUT2D eigenvalue weighted by molar-refractivity contribution is 7.11. The topological polar surface area (TPSA) is 60.0 Å². The summed E-state index contributed by atoms with van der Waals surface area (Å²) in [6.45, 7) is 20.5. The maximum atomic E-state index is 11.6. The normalized spacial score (nSPS) is 19.0. The second kappa shape index (κ2) is 13.4. The molecule has 258 valence electrons. The lowest BCUT2D eigenvalue weighted by molar-refractivity contribution is 0.0851. The van der Waals surface area contributed by atoms with Crippen LogP contribution in [0.15, 0.2) is 41.8 Å². The fraction of sp³-hybridized carbons (Fsp3) is 0.512. The van der Waals surface area contributed by atoms with Gasteiger partial charge in [0.05, 0.1) is 24.3 Å². The van der Waals surface area contributed by atoms with Gasteiger partial charge >= 0.3 is 0 Å². The Morgan fingerprint density at radius 2 is 1.62 bits per heavy atom. The van der Waals surface area contributed by atoms with Gasteiger partial charge in [-0.3, -0.25) is 0 Å². The molecule has 2 aliphatic heterocycles.